The van der Waals surface area contributed by atoms with Crippen molar-refractivity contribution < 1.29 is 0 Å². The van der Waals surface area contributed by atoms with Crippen LogP contribution in [0.4, 0.5) is 11.4 Å². The Labute approximate surface area is 115 Å². The van der Waals surface area contributed by atoms with Crippen LogP contribution in [0.5, 0.6) is 0 Å². The molecule has 0 amide bonds. The van der Waals surface area contributed by atoms with E-state index in [4.69, 9.17) is 5.73 Å². The Kier molecular flexibility index (Phi) is 3.33. The normalized spacial score (nSPS) is 23.7. The summed E-state index contributed by atoms with van der Waals surface area (Å²) in [5.41, 5.74) is 8.28. The smallest absolute Gasteiger partial charge is 0.101 e. The van der Waals surface area contributed by atoms with Crippen LogP contribution < -0.4 is 10.6 Å². The summed E-state index contributed by atoms with van der Waals surface area (Å²) in [5, 5.41) is 9.32. The average molecular weight is 255 g/mol. The van der Waals surface area contributed by atoms with Crippen LogP contribution in [-0.2, 0) is 0 Å². The highest BCUT2D eigenvalue weighted by Gasteiger charge is 2.34. The Hall–Kier alpha value is -1.69. The highest BCUT2D eigenvalue weighted by molar-refractivity contribution is 5.65. The topological polar surface area (TPSA) is 53.1 Å². The van der Waals surface area contributed by atoms with Crippen LogP contribution in [0.15, 0.2) is 18.2 Å². The van der Waals surface area contributed by atoms with Crippen molar-refractivity contribution in [1.82, 2.24) is 0 Å². The molecule has 1 aliphatic carbocycles. The fourth-order valence-corrected chi connectivity index (χ4v) is 3.82. The number of nitrogens with two attached hydrogens (primary N) is 1. The molecule has 1 aromatic carbocycles. The third-order valence-corrected chi connectivity index (χ3v) is 4.69. The first-order valence-electron chi connectivity index (χ1n) is 7.36. The molecule has 3 nitrogen and oxygen atoms in total. The summed E-state index contributed by atoms with van der Waals surface area (Å²) in [7, 11) is 0. The van der Waals surface area contributed by atoms with Crippen LogP contribution >= 0.6 is 0 Å². The van der Waals surface area contributed by atoms with Gasteiger partial charge in [0.25, 0.3) is 0 Å². The number of benzene rings is 1. The van der Waals surface area contributed by atoms with Crippen molar-refractivity contribution in [3.05, 3.63) is 23.8 Å². The second-order valence-corrected chi connectivity index (χ2v) is 5.84. The van der Waals surface area contributed by atoms with E-state index in [0.717, 1.165) is 23.7 Å². The SMILES string of the molecule is N#Cc1cc(N)ccc1N1CCCC1C1CCCC1. The second kappa shape index (κ2) is 5.13. The van der Waals surface area contributed by atoms with Gasteiger partial charge in [0.2, 0.25) is 0 Å². The number of hydrogen-bond acceptors (Lipinski definition) is 3. The molecule has 3 heteroatoms. The molecule has 1 atom stereocenters. The summed E-state index contributed by atoms with van der Waals surface area (Å²) in [4.78, 5) is 2.47. The van der Waals surface area contributed by atoms with Gasteiger partial charge in [0.05, 0.1) is 11.3 Å². The van der Waals surface area contributed by atoms with E-state index in [1.165, 1.54) is 38.5 Å². The maximum atomic E-state index is 9.32. The Morgan fingerprint density at radius 3 is 2.68 bits per heavy atom. The maximum Gasteiger partial charge on any atom is 0.101 e. The van der Waals surface area contributed by atoms with Gasteiger partial charge in [0.1, 0.15) is 6.07 Å². The number of nitriles is 1. The molecule has 3 rings (SSSR count). The summed E-state index contributed by atoms with van der Waals surface area (Å²) in [6.45, 7) is 1.08. The van der Waals surface area contributed by atoms with Crippen LogP contribution in [0.25, 0.3) is 0 Å². The maximum absolute atomic E-state index is 9.32. The minimum atomic E-state index is 0.637. The molecule has 0 aromatic heterocycles. The van der Waals surface area contributed by atoms with Crippen molar-refractivity contribution in [3.63, 3.8) is 0 Å². The number of anilines is 2. The summed E-state index contributed by atoms with van der Waals surface area (Å²) in [6.07, 6.45) is 8.00. The van der Waals surface area contributed by atoms with Gasteiger partial charge in [-0.3, -0.25) is 0 Å². The lowest BCUT2D eigenvalue weighted by Crippen LogP contribution is -2.35. The first-order valence-corrected chi connectivity index (χ1v) is 7.36. The number of nitrogen functional groups attached to an aromatic ring is 1. The van der Waals surface area contributed by atoms with Gasteiger partial charge in [-0.25, -0.2) is 0 Å². The van der Waals surface area contributed by atoms with Gasteiger partial charge in [0, 0.05) is 18.3 Å². The van der Waals surface area contributed by atoms with Crippen LogP contribution in [0.1, 0.15) is 44.1 Å². The van der Waals surface area contributed by atoms with Gasteiger partial charge in [-0.15, -0.1) is 0 Å². The van der Waals surface area contributed by atoms with E-state index < -0.39 is 0 Å². The summed E-state index contributed by atoms with van der Waals surface area (Å²) < 4.78 is 0. The first-order chi connectivity index (χ1) is 9.29. The predicted molar refractivity (Wildman–Crippen MR) is 77.9 cm³/mol. The molecule has 1 aliphatic heterocycles. The van der Waals surface area contributed by atoms with Crippen molar-refractivity contribution >= 4 is 11.4 Å². The van der Waals surface area contributed by atoms with Crippen LogP contribution in [0.2, 0.25) is 0 Å². The molecule has 1 aromatic rings. The first kappa shape index (κ1) is 12.3. The lowest BCUT2D eigenvalue weighted by molar-refractivity contribution is 0.430. The molecule has 1 unspecified atom stereocenters. The average Bonchev–Trinajstić information content (AvgIpc) is 3.08. The van der Waals surface area contributed by atoms with Gasteiger partial charge >= 0.3 is 0 Å². The van der Waals surface area contributed by atoms with Crippen LogP contribution in [0, 0.1) is 17.2 Å². The van der Waals surface area contributed by atoms with E-state index in [1.54, 1.807) is 6.07 Å². The largest absolute Gasteiger partial charge is 0.399 e. The van der Waals surface area contributed by atoms with E-state index >= 15 is 0 Å². The third-order valence-electron chi connectivity index (χ3n) is 4.69. The molecule has 1 saturated heterocycles. The van der Waals surface area contributed by atoms with E-state index in [1.807, 2.05) is 12.1 Å². The zero-order valence-corrected chi connectivity index (χ0v) is 11.3. The molecular weight excluding hydrogens is 234 g/mol. The zero-order chi connectivity index (χ0) is 13.2. The molecule has 100 valence electrons. The van der Waals surface area contributed by atoms with Gasteiger partial charge in [0.15, 0.2) is 0 Å². The quantitative estimate of drug-likeness (QED) is 0.825. The molecule has 2 N–H and O–H groups in total. The van der Waals surface area contributed by atoms with Crippen molar-refractivity contribution in [2.75, 3.05) is 17.2 Å². The Balaban J connectivity index is 1.90. The fraction of sp³-hybridized carbons (Fsp3) is 0.562. The van der Waals surface area contributed by atoms with Crippen molar-refractivity contribution in [2.45, 2.75) is 44.6 Å². The van der Waals surface area contributed by atoms with Crippen molar-refractivity contribution in [3.8, 4) is 6.07 Å². The minimum Gasteiger partial charge on any atom is -0.399 e. The molecule has 0 spiro atoms. The summed E-state index contributed by atoms with van der Waals surface area (Å²) in [5.74, 6) is 0.826. The Morgan fingerprint density at radius 1 is 1.16 bits per heavy atom. The second-order valence-electron chi connectivity index (χ2n) is 5.84. The van der Waals surface area contributed by atoms with Gasteiger partial charge < -0.3 is 10.6 Å². The number of rotatable bonds is 2. The standard InChI is InChI=1S/C16H21N3/c17-11-13-10-14(18)7-8-16(13)19-9-3-6-15(19)12-4-1-2-5-12/h7-8,10,12,15H,1-6,9,18H2. The molecule has 0 bridgehead atoms. The molecule has 1 heterocycles. The highest BCUT2D eigenvalue weighted by Crippen LogP contribution is 2.38. The van der Waals surface area contributed by atoms with Gasteiger partial charge in [-0.1, -0.05) is 12.8 Å². The van der Waals surface area contributed by atoms with E-state index in [2.05, 4.69) is 11.0 Å². The van der Waals surface area contributed by atoms with E-state index in [0.29, 0.717) is 11.7 Å². The molecular formula is C16H21N3. The van der Waals surface area contributed by atoms with Crippen LogP contribution in [0.3, 0.4) is 0 Å². The zero-order valence-electron chi connectivity index (χ0n) is 11.3. The number of hydrogen-bond donors (Lipinski definition) is 1. The van der Waals surface area contributed by atoms with Gasteiger partial charge in [-0.2, -0.15) is 5.26 Å². The summed E-state index contributed by atoms with van der Waals surface area (Å²) in [6, 6.07) is 8.69. The predicted octanol–water partition coefficient (Wildman–Crippen LogP) is 3.30. The Bertz CT molecular complexity index is 497. The summed E-state index contributed by atoms with van der Waals surface area (Å²) >= 11 is 0. The lowest BCUT2D eigenvalue weighted by atomic mass is 9.95. The van der Waals surface area contributed by atoms with E-state index in [9.17, 15) is 5.26 Å². The van der Waals surface area contributed by atoms with E-state index in [-0.39, 0.29) is 0 Å². The fourth-order valence-electron chi connectivity index (χ4n) is 3.82. The molecule has 19 heavy (non-hydrogen) atoms. The van der Waals surface area contributed by atoms with Crippen molar-refractivity contribution in [1.29, 1.82) is 5.26 Å². The molecule has 2 fully saturated rings. The third kappa shape index (κ3) is 2.28. The highest BCUT2D eigenvalue weighted by atomic mass is 15.2. The lowest BCUT2D eigenvalue weighted by Gasteiger charge is -2.32. The Morgan fingerprint density at radius 2 is 1.95 bits per heavy atom. The van der Waals surface area contributed by atoms with Crippen LogP contribution in [-0.4, -0.2) is 12.6 Å². The molecule has 2 aliphatic rings. The molecule has 0 radical (unpaired) electrons. The minimum absolute atomic E-state index is 0.637. The monoisotopic (exact) mass is 255 g/mol. The number of nitrogens with zero attached hydrogens (tertiary/aromatic N) is 2. The molecule has 1 saturated carbocycles. The van der Waals surface area contributed by atoms with Crippen molar-refractivity contribution in [2.24, 2.45) is 5.92 Å². The van der Waals surface area contributed by atoms with Gasteiger partial charge in [-0.05, 0) is 49.8 Å².